The monoisotopic (exact) mass is 194 g/mol. The van der Waals surface area contributed by atoms with Gasteiger partial charge in [-0.3, -0.25) is 4.68 Å². The van der Waals surface area contributed by atoms with Crippen molar-refractivity contribution in [2.75, 3.05) is 6.54 Å². The van der Waals surface area contributed by atoms with Gasteiger partial charge in [-0.15, -0.1) is 0 Å². The highest BCUT2D eigenvalue weighted by Crippen LogP contribution is 2.32. The van der Waals surface area contributed by atoms with Gasteiger partial charge in [0.05, 0.1) is 0 Å². The van der Waals surface area contributed by atoms with Gasteiger partial charge in [0, 0.05) is 13.5 Å². The second-order valence-corrected chi connectivity index (χ2v) is 4.19. The zero-order chi connectivity index (χ0) is 9.97. The van der Waals surface area contributed by atoms with E-state index in [0.717, 1.165) is 24.7 Å². The van der Waals surface area contributed by atoms with Crippen LogP contribution in [0, 0.1) is 11.8 Å². The molecule has 14 heavy (non-hydrogen) atoms. The van der Waals surface area contributed by atoms with E-state index in [0.29, 0.717) is 5.92 Å². The van der Waals surface area contributed by atoms with Crippen molar-refractivity contribution in [3.05, 3.63) is 12.2 Å². The number of aryl methyl sites for hydroxylation is 1. The maximum atomic E-state index is 5.75. The van der Waals surface area contributed by atoms with E-state index in [-0.39, 0.29) is 0 Å². The molecule has 1 aliphatic rings. The summed E-state index contributed by atoms with van der Waals surface area (Å²) >= 11 is 0. The molecule has 0 bridgehead atoms. The molecule has 4 nitrogen and oxygen atoms in total. The van der Waals surface area contributed by atoms with Gasteiger partial charge in [0.1, 0.15) is 12.2 Å². The predicted octanol–water partition coefficient (Wildman–Crippen LogP) is 0.733. The minimum atomic E-state index is 0.701. The van der Waals surface area contributed by atoms with E-state index in [2.05, 4.69) is 10.1 Å². The summed E-state index contributed by atoms with van der Waals surface area (Å²) in [5.41, 5.74) is 5.75. The molecule has 0 aromatic carbocycles. The molecule has 0 saturated heterocycles. The second kappa shape index (κ2) is 4.09. The molecule has 2 N–H and O–H groups in total. The van der Waals surface area contributed by atoms with E-state index in [1.807, 2.05) is 11.7 Å². The molecule has 1 fully saturated rings. The first-order valence-corrected chi connectivity index (χ1v) is 5.34. The van der Waals surface area contributed by atoms with Gasteiger partial charge in [0.25, 0.3) is 0 Å². The van der Waals surface area contributed by atoms with Crippen LogP contribution in [0.1, 0.15) is 25.1 Å². The Balaban J connectivity index is 2.00. The Hall–Kier alpha value is -0.900. The summed E-state index contributed by atoms with van der Waals surface area (Å²) in [4.78, 5) is 4.26. The number of hydrogen-bond donors (Lipinski definition) is 1. The molecular formula is C10H18N4. The average Bonchev–Trinajstić information content (AvgIpc) is 2.77. The van der Waals surface area contributed by atoms with Crippen LogP contribution in [-0.2, 0) is 13.5 Å². The molecular weight excluding hydrogens is 176 g/mol. The van der Waals surface area contributed by atoms with E-state index in [1.54, 1.807) is 6.33 Å². The van der Waals surface area contributed by atoms with Crippen LogP contribution in [0.15, 0.2) is 6.33 Å². The minimum absolute atomic E-state index is 0.701. The summed E-state index contributed by atoms with van der Waals surface area (Å²) in [5.74, 6) is 2.52. The summed E-state index contributed by atoms with van der Waals surface area (Å²) < 4.78 is 1.87. The summed E-state index contributed by atoms with van der Waals surface area (Å²) in [6.07, 6.45) is 6.58. The molecule has 4 heteroatoms. The van der Waals surface area contributed by atoms with Gasteiger partial charge in [-0.1, -0.05) is 6.42 Å². The summed E-state index contributed by atoms with van der Waals surface area (Å²) in [6.45, 7) is 0.822. The molecule has 2 unspecified atom stereocenters. The standard InChI is InChI=1S/C10H18N4/c1-14-10(12-7-13-14)5-8-3-2-4-9(8)6-11/h7-9H,2-6,11H2,1H3. The van der Waals surface area contributed by atoms with E-state index >= 15 is 0 Å². The van der Waals surface area contributed by atoms with E-state index in [4.69, 9.17) is 5.73 Å². The van der Waals surface area contributed by atoms with Crippen molar-refractivity contribution in [3.63, 3.8) is 0 Å². The zero-order valence-electron chi connectivity index (χ0n) is 8.69. The third-order valence-corrected chi connectivity index (χ3v) is 3.37. The fourth-order valence-electron chi connectivity index (χ4n) is 2.43. The van der Waals surface area contributed by atoms with E-state index in [1.165, 1.54) is 19.3 Å². The lowest BCUT2D eigenvalue weighted by Crippen LogP contribution is -2.21. The Kier molecular flexibility index (Phi) is 2.82. The molecule has 1 aliphatic carbocycles. The third kappa shape index (κ3) is 1.80. The third-order valence-electron chi connectivity index (χ3n) is 3.37. The fourth-order valence-corrected chi connectivity index (χ4v) is 2.43. The molecule has 1 aromatic heterocycles. The van der Waals surface area contributed by atoms with Crippen molar-refractivity contribution >= 4 is 0 Å². The van der Waals surface area contributed by atoms with Crippen LogP contribution in [0.3, 0.4) is 0 Å². The summed E-state index contributed by atoms with van der Waals surface area (Å²) in [7, 11) is 1.95. The number of hydrogen-bond acceptors (Lipinski definition) is 3. The van der Waals surface area contributed by atoms with Gasteiger partial charge in [0.2, 0.25) is 0 Å². The lowest BCUT2D eigenvalue weighted by Gasteiger charge is -2.16. The summed E-state index contributed by atoms with van der Waals surface area (Å²) in [6, 6.07) is 0. The molecule has 2 atom stereocenters. The molecule has 1 saturated carbocycles. The molecule has 78 valence electrons. The summed E-state index contributed by atoms with van der Waals surface area (Å²) in [5, 5.41) is 4.08. The van der Waals surface area contributed by atoms with E-state index in [9.17, 15) is 0 Å². The molecule has 0 radical (unpaired) electrons. The second-order valence-electron chi connectivity index (χ2n) is 4.19. The fraction of sp³-hybridized carbons (Fsp3) is 0.800. The van der Waals surface area contributed by atoms with Gasteiger partial charge in [-0.2, -0.15) is 5.10 Å². The first-order valence-electron chi connectivity index (χ1n) is 5.34. The van der Waals surface area contributed by atoms with Crippen LogP contribution in [-0.4, -0.2) is 21.3 Å². The van der Waals surface area contributed by atoms with Gasteiger partial charge in [-0.05, 0) is 31.2 Å². The van der Waals surface area contributed by atoms with Gasteiger partial charge in [0.15, 0.2) is 0 Å². The number of aromatic nitrogens is 3. The molecule has 0 spiro atoms. The van der Waals surface area contributed by atoms with Gasteiger partial charge in [-0.25, -0.2) is 4.98 Å². The van der Waals surface area contributed by atoms with E-state index < -0.39 is 0 Å². The smallest absolute Gasteiger partial charge is 0.138 e. The van der Waals surface area contributed by atoms with Crippen LogP contribution in [0.2, 0.25) is 0 Å². The Morgan fingerprint density at radius 1 is 1.50 bits per heavy atom. The van der Waals surface area contributed by atoms with Crippen molar-refractivity contribution in [2.45, 2.75) is 25.7 Å². The molecule has 1 heterocycles. The highest BCUT2D eigenvalue weighted by Gasteiger charge is 2.27. The van der Waals surface area contributed by atoms with Crippen molar-refractivity contribution in [2.24, 2.45) is 24.6 Å². The normalized spacial score (nSPS) is 27.0. The quantitative estimate of drug-likeness (QED) is 0.772. The van der Waals surface area contributed by atoms with Gasteiger partial charge >= 0.3 is 0 Å². The average molecular weight is 194 g/mol. The predicted molar refractivity (Wildman–Crippen MR) is 54.6 cm³/mol. The van der Waals surface area contributed by atoms with Crippen molar-refractivity contribution in [1.29, 1.82) is 0 Å². The zero-order valence-corrected chi connectivity index (χ0v) is 8.69. The highest BCUT2D eigenvalue weighted by atomic mass is 15.3. The molecule has 2 rings (SSSR count). The number of nitrogens with zero attached hydrogens (tertiary/aromatic N) is 3. The molecule has 0 amide bonds. The van der Waals surface area contributed by atoms with Crippen LogP contribution in [0.5, 0.6) is 0 Å². The maximum absolute atomic E-state index is 5.75. The van der Waals surface area contributed by atoms with Crippen LogP contribution in [0.25, 0.3) is 0 Å². The van der Waals surface area contributed by atoms with Gasteiger partial charge < -0.3 is 5.73 Å². The molecule has 1 aromatic rings. The lowest BCUT2D eigenvalue weighted by molar-refractivity contribution is 0.382. The van der Waals surface area contributed by atoms with Crippen LogP contribution >= 0.6 is 0 Å². The SMILES string of the molecule is Cn1ncnc1CC1CCCC1CN. The Morgan fingerprint density at radius 2 is 2.29 bits per heavy atom. The maximum Gasteiger partial charge on any atom is 0.138 e. The first kappa shape index (κ1) is 9.65. The topological polar surface area (TPSA) is 56.7 Å². The Bertz CT molecular complexity index is 294. The highest BCUT2D eigenvalue weighted by molar-refractivity contribution is 4.90. The Labute approximate surface area is 84.5 Å². The van der Waals surface area contributed by atoms with Crippen molar-refractivity contribution in [1.82, 2.24) is 14.8 Å². The Morgan fingerprint density at radius 3 is 2.93 bits per heavy atom. The number of rotatable bonds is 3. The minimum Gasteiger partial charge on any atom is -0.330 e. The van der Waals surface area contributed by atoms with Crippen molar-refractivity contribution in [3.8, 4) is 0 Å². The van der Waals surface area contributed by atoms with Crippen LogP contribution in [0.4, 0.5) is 0 Å². The first-order chi connectivity index (χ1) is 6.81. The largest absolute Gasteiger partial charge is 0.330 e. The lowest BCUT2D eigenvalue weighted by atomic mass is 9.93. The number of nitrogens with two attached hydrogens (primary N) is 1. The van der Waals surface area contributed by atoms with Crippen LogP contribution < -0.4 is 5.73 Å². The molecule has 0 aliphatic heterocycles. The van der Waals surface area contributed by atoms with Crippen molar-refractivity contribution < 1.29 is 0 Å².